The maximum atomic E-state index is 3.25. The first-order valence-corrected chi connectivity index (χ1v) is 0.707. The second kappa shape index (κ2) is 47.1. The van der Waals surface area contributed by atoms with E-state index in [1.165, 1.54) is 0 Å². The first kappa shape index (κ1) is 30.8. The Morgan fingerprint density at radius 2 is 1.20 bits per heavy atom. The normalized spacial score (nSPS) is 1.20. The first-order chi connectivity index (χ1) is 1.00. The molecule has 32 valence electrons. The van der Waals surface area contributed by atoms with Crippen molar-refractivity contribution in [1.29, 1.82) is 0 Å². The van der Waals surface area contributed by atoms with Gasteiger partial charge in [-0.15, -0.1) is 0 Å². The first-order valence-electron chi connectivity index (χ1n) is 0.707. The summed E-state index contributed by atoms with van der Waals surface area (Å²) in [6.45, 7) is 0. The van der Waals surface area contributed by atoms with Crippen LogP contribution in [0.1, 0.15) is 0 Å². The van der Waals surface area contributed by atoms with Crippen molar-refractivity contribution in [2.75, 3.05) is 7.05 Å². The van der Waals surface area contributed by atoms with E-state index in [2.05, 4.69) is 5.73 Å². The van der Waals surface area contributed by atoms with Crippen LogP contribution in [0.15, 0.2) is 0 Å². The third-order valence-electron chi connectivity index (χ3n) is 0. The molecule has 0 heterocycles. The van der Waals surface area contributed by atoms with Crippen molar-refractivity contribution in [1.82, 2.24) is 0 Å². The van der Waals surface area contributed by atoms with E-state index in [1.807, 2.05) is 0 Å². The predicted molar refractivity (Wildman–Crippen MR) is 15.3 cm³/mol. The van der Waals surface area contributed by atoms with Crippen LogP contribution in [-0.4, -0.2) is 34.3 Å². The van der Waals surface area contributed by atoms with Gasteiger partial charge in [0.05, 0.1) is 7.05 Å². The van der Waals surface area contributed by atoms with Crippen LogP contribution in [0.4, 0.5) is 0 Å². The molecule has 2 nitrogen and oxygen atoms in total. The van der Waals surface area contributed by atoms with Gasteiger partial charge in [-0.2, -0.15) is 0 Å². The third kappa shape index (κ3) is 28.8. The van der Waals surface area contributed by atoms with Crippen molar-refractivity contribution >= 4 is 27.3 Å². The van der Waals surface area contributed by atoms with E-state index >= 15 is 0 Å². The van der Waals surface area contributed by atoms with Gasteiger partial charge in [0.25, 0.3) is 0 Å². The fourth-order valence-electron chi connectivity index (χ4n) is 0. The van der Waals surface area contributed by atoms with Gasteiger partial charge in [-0.05, 0) is 0 Å². The van der Waals surface area contributed by atoms with E-state index in [-0.39, 0.29) is 56.8 Å². The van der Waals surface area contributed by atoms with Gasteiger partial charge in [0.15, 0.2) is 0 Å². The van der Waals surface area contributed by atoms with Crippen LogP contribution in [0.25, 0.3) is 0 Å². The molecule has 0 aliphatic carbocycles. The van der Waals surface area contributed by atoms with Gasteiger partial charge < -0.3 is 35.2 Å². The largest absolute Gasteiger partial charge is 2.00 e. The average Bonchev–Trinajstić information content (AvgIpc) is 1.00. The topological polar surface area (TPSA) is 56.1 Å². The summed E-state index contributed by atoms with van der Waals surface area (Å²) in [7, 11) is 1.75. The van der Waals surface area contributed by atoms with Crippen molar-refractivity contribution in [3.63, 3.8) is 0 Å². The fraction of sp³-hybridized carbons (Fsp3) is 1.00. The molecular weight excluding hydrogens is 376 g/mol. The summed E-state index contributed by atoms with van der Waals surface area (Å²) in [5.41, 5.74) is 3.25. The van der Waals surface area contributed by atoms with Gasteiger partial charge in [0.1, 0.15) is 0 Å². The van der Waals surface area contributed by atoms with Crippen molar-refractivity contribution in [2.24, 2.45) is 0 Å². The Labute approximate surface area is 69.0 Å². The van der Waals surface area contributed by atoms with Crippen LogP contribution < -0.4 is 29.7 Å². The molecule has 4 heteroatoms. The Balaban J connectivity index is -0.00000000167. The van der Waals surface area contributed by atoms with E-state index in [4.69, 9.17) is 0 Å². The molecule has 0 aromatic heterocycles. The van der Waals surface area contributed by atoms with Crippen LogP contribution in [0.2, 0.25) is 0 Å². The fourth-order valence-corrected chi connectivity index (χ4v) is 0. The van der Waals surface area contributed by atoms with Crippen molar-refractivity contribution in [3.8, 4) is 0 Å². The summed E-state index contributed by atoms with van der Waals surface area (Å²) < 4.78 is 0. The van der Waals surface area contributed by atoms with Crippen molar-refractivity contribution in [2.45, 2.75) is 0 Å². The van der Waals surface area contributed by atoms with E-state index in [0.717, 1.165) is 0 Å². The number of hydrogen-bond donors (Lipinski definition) is 1. The maximum absolute atomic E-state index is 3.25. The molecule has 5 heavy (non-hydrogen) atoms. The Morgan fingerprint density at radius 1 is 1.20 bits per heavy atom. The quantitative estimate of drug-likeness (QED) is 0.324. The summed E-state index contributed by atoms with van der Waals surface area (Å²) in [5, 5.41) is 0. The molecule has 2 radical (unpaired) electrons. The van der Waals surface area contributed by atoms with Gasteiger partial charge in [-0.3, -0.25) is 0 Å². The second-order valence-electron chi connectivity index (χ2n) is 0. The van der Waals surface area contributed by atoms with Crippen molar-refractivity contribution in [3.05, 3.63) is 0 Å². The zero-order valence-electron chi connectivity index (χ0n) is 2.99. The number of rotatable bonds is 0. The summed E-state index contributed by atoms with van der Waals surface area (Å²) >= 11 is 0. The second-order valence-corrected chi connectivity index (χ2v) is 0. The summed E-state index contributed by atoms with van der Waals surface area (Å²) in [6.07, 6.45) is 0. The smallest absolute Gasteiger partial charge is 2.00 e. The molecule has 0 saturated heterocycles. The Hall–Kier alpha value is 1.57. The molecule has 0 bridgehead atoms. The Bertz CT molecular complexity index is 11.6. The van der Waals surface area contributed by atoms with Crippen LogP contribution in [0, 0.1) is 0 Å². The molecule has 0 aliphatic heterocycles. The molecule has 0 aromatic rings. The minimum Gasteiger partial charge on any atom is -2.00 e. The maximum Gasteiger partial charge on any atom is 2.00 e. The summed E-state index contributed by atoms with van der Waals surface area (Å²) in [4.78, 5) is 0. The zero-order valence-corrected chi connectivity index (χ0v) is 9.04. The van der Waals surface area contributed by atoms with Crippen LogP contribution in [0.3, 0.4) is 0 Å². The van der Waals surface area contributed by atoms with Crippen LogP contribution in [-0.2, 0) is 5.48 Å². The molecule has 0 fully saturated rings. The predicted octanol–water partition coefficient (Wildman–Crippen LogP) is -4.64. The van der Waals surface area contributed by atoms with Gasteiger partial charge in [-0.25, -0.2) is 0 Å². The molecule has 0 aromatic carbocycles. The summed E-state index contributed by atoms with van der Waals surface area (Å²) in [5.74, 6) is 0. The van der Waals surface area contributed by atoms with Gasteiger partial charge >= 0.3 is 27.3 Å². The minimum atomic E-state index is 0. The molecule has 3 N–H and O–H groups in total. The minimum absolute atomic E-state index is 0. The van der Waals surface area contributed by atoms with Gasteiger partial charge in [0.2, 0.25) is 0 Å². The van der Waals surface area contributed by atoms with E-state index in [0.29, 0.717) is 0 Å². The van der Waals surface area contributed by atoms with Gasteiger partial charge in [0, 0.05) is 0 Å². The monoisotopic (exact) mass is 383 g/mol. The number of hydrogen-bond acceptors (Lipinski definition) is 0. The zero-order chi connectivity index (χ0) is 2.00. The molecular formula is CH6INOPb. The van der Waals surface area contributed by atoms with Crippen molar-refractivity contribution < 1.29 is 35.2 Å². The van der Waals surface area contributed by atoms with E-state index in [1.54, 1.807) is 7.05 Å². The molecule has 0 spiro atoms. The summed E-state index contributed by atoms with van der Waals surface area (Å²) in [6, 6.07) is 0. The van der Waals surface area contributed by atoms with E-state index in [9.17, 15) is 0 Å². The molecule has 0 unspecified atom stereocenters. The third-order valence-corrected chi connectivity index (χ3v) is 0. The Kier molecular flexibility index (Phi) is 291. The molecule has 0 saturated carbocycles. The van der Waals surface area contributed by atoms with Crippen LogP contribution in [0.5, 0.6) is 0 Å². The molecule has 0 amide bonds. The standard InChI is InChI=1S/CH5N.HI.O.Pb/c1-2;;;/h2H2,1H3;1H;;/q;;-2;+2. The van der Waals surface area contributed by atoms with Crippen LogP contribution >= 0.6 is 0 Å². The molecule has 0 aliphatic rings. The Morgan fingerprint density at radius 3 is 1.20 bits per heavy atom. The number of halogens is 1. The van der Waals surface area contributed by atoms with Gasteiger partial charge in [-0.1, -0.05) is 0 Å². The molecule has 0 rings (SSSR count). The average molecular weight is 382 g/mol. The van der Waals surface area contributed by atoms with E-state index < -0.39 is 0 Å². The molecule has 0 atom stereocenters. The SMILES string of the molecule is C[NH3+].[I-].[O-2].[Pb+2]. The number of quaternary nitrogens is 1.